The third kappa shape index (κ3) is 4.06. The SMILES string of the molecule is Cc1cccc([C@@H](C2CC2)N2CCNCC2)n1.Cl.Cl. The van der Waals surface area contributed by atoms with E-state index in [0.29, 0.717) is 6.04 Å². The van der Waals surface area contributed by atoms with Gasteiger partial charge in [0.1, 0.15) is 0 Å². The van der Waals surface area contributed by atoms with Crippen molar-refractivity contribution < 1.29 is 0 Å². The second-order valence-corrected chi connectivity index (χ2v) is 5.27. The Morgan fingerprint density at radius 3 is 2.47 bits per heavy atom. The van der Waals surface area contributed by atoms with Gasteiger partial charge in [0.05, 0.1) is 11.7 Å². The molecule has 2 heterocycles. The highest BCUT2D eigenvalue weighted by Gasteiger charge is 2.37. The van der Waals surface area contributed by atoms with Gasteiger partial charge in [-0.05, 0) is 37.8 Å². The predicted molar refractivity (Wildman–Crippen MR) is 83.4 cm³/mol. The van der Waals surface area contributed by atoms with Crippen LogP contribution in [0.4, 0.5) is 0 Å². The summed E-state index contributed by atoms with van der Waals surface area (Å²) < 4.78 is 0. The lowest BCUT2D eigenvalue weighted by atomic mass is 10.0. The van der Waals surface area contributed by atoms with Gasteiger partial charge in [0.15, 0.2) is 0 Å². The fourth-order valence-corrected chi connectivity index (χ4v) is 2.83. The molecule has 2 aliphatic rings. The Morgan fingerprint density at radius 1 is 1.21 bits per heavy atom. The minimum absolute atomic E-state index is 0. The van der Waals surface area contributed by atoms with E-state index in [9.17, 15) is 0 Å². The molecule has 0 aromatic carbocycles. The predicted octanol–water partition coefficient (Wildman–Crippen LogP) is 2.59. The topological polar surface area (TPSA) is 28.2 Å². The van der Waals surface area contributed by atoms with Gasteiger partial charge in [0.2, 0.25) is 0 Å². The first-order valence-electron chi connectivity index (χ1n) is 6.73. The lowest BCUT2D eigenvalue weighted by molar-refractivity contribution is 0.153. The van der Waals surface area contributed by atoms with Crippen molar-refractivity contribution in [2.24, 2.45) is 5.92 Å². The minimum Gasteiger partial charge on any atom is -0.314 e. The van der Waals surface area contributed by atoms with E-state index in [1.165, 1.54) is 18.5 Å². The Kier molecular flexibility index (Phi) is 6.54. The number of piperazine rings is 1. The highest BCUT2D eigenvalue weighted by atomic mass is 35.5. The van der Waals surface area contributed by atoms with Crippen LogP contribution in [0.2, 0.25) is 0 Å². The molecule has 2 fully saturated rings. The van der Waals surface area contributed by atoms with Gasteiger partial charge in [-0.3, -0.25) is 9.88 Å². The smallest absolute Gasteiger partial charge is 0.0581 e. The summed E-state index contributed by atoms with van der Waals surface area (Å²) in [6.07, 6.45) is 2.76. The number of nitrogens with one attached hydrogen (secondary N) is 1. The molecule has 0 spiro atoms. The molecular weight excluding hydrogens is 281 g/mol. The molecule has 3 rings (SSSR count). The molecule has 1 aliphatic heterocycles. The Bertz CT molecular complexity index is 390. The van der Waals surface area contributed by atoms with Crippen LogP contribution in [0.25, 0.3) is 0 Å². The summed E-state index contributed by atoms with van der Waals surface area (Å²) in [5, 5.41) is 3.43. The van der Waals surface area contributed by atoms with Crippen molar-refractivity contribution >= 4 is 24.8 Å². The fourth-order valence-electron chi connectivity index (χ4n) is 2.83. The molecule has 1 atom stereocenters. The Balaban J connectivity index is 0.000000902. The van der Waals surface area contributed by atoms with E-state index in [-0.39, 0.29) is 24.8 Å². The lowest BCUT2D eigenvalue weighted by Gasteiger charge is -2.34. The van der Waals surface area contributed by atoms with E-state index in [1.54, 1.807) is 0 Å². The quantitative estimate of drug-likeness (QED) is 0.930. The first-order chi connectivity index (χ1) is 8.34. The number of hydrogen-bond donors (Lipinski definition) is 1. The van der Waals surface area contributed by atoms with E-state index in [0.717, 1.165) is 37.8 Å². The van der Waals surface area contributed by atoms with E-state index < -0.39 is 0 Å². The third-order valence-electron chi connectivity index (χ3n) is 3.83. The van der Waals surface area contributed by atoms with Crippen molar-refractivity contribution in [3.63, 3.8) is 0 Å². The zero-order chi connectivity index (χ0) is 11.7. The van der Waals surface area contributed by atoms with Crippen molar-refractivity contribution in [1.82, 2.24) is 15.2 Å². The van der Waals surface area contributed by atoms with Gasteiger partial charge >= 0.3 is 0 Å². The molecule has 1 saturated carbocycles. The number of aryl methyl sites for hydroxylation is 1. The van der Waals surface area contributed by atoms with Crippen LogP contribution in [0.1, 0.15) is 30.3 Å². The standard InChI is InChI=1S/C14H21N3.2ClH/c1-11-3-2-4-13(16-11)14(12-5-6-12)17-9-7-15-8-10-17;;/h2-4,12,14-15H,5-10H2,1H3;2*1H/t14-;;/m1../s1. The molecule has 1 aliphatic carbocycles. The maximum absolute atomic E-state index is 4.75. The average Bonchev–Trinajstić information content (AvgIpc) is 3.15. The Morgan fingerprint density at radius 2 is 1.89 bits per heavy atom. The van der Waals surface area contributed by atoms with Gasteiger partial charge in [-0.15, -0.1) is 24.8 Å². The molecule has 0 unspecified atom stereocenters. The summed E-state index contributed by atoms with van der Waals surface area (Å²) in [5.74, 6) is 0.849. The van der Waals surface area contributed by atoms with Crippen molar-refractivity contribution in [3.8, 4) is 0 Å². The van der Waals surface area contributed by atoms with Crippen molar-refractivity contribution in [2.45, 2.75) is 25.8 Å². The molecular formula is C14H23Cl2N3. The number of hydrogen-bond acceptors (Lipinski definition) is 3. The summed E-state index contributed by atoms with van der Waals surface area (Å²) in [6, 6.07) is 7.01. The highest BCUT2D eigenvalue weighted by molar-refractivity contribution is 5.85. The molecule has 1 saturated heterocycles. The lowest BCUT2D eigenvalue weighted by Crippen LogP contribution is -2.45. The van der Waals surface area contributed by atoms with E-state index in [4.69, 9.17) is 4.98 Å². The van der Waals surface area contributed by atoms with Gasteiger partial charge in [-0.25, -0.2) is 0 Å². The van der Waals surface area contributed by atoms with Gasteiger partial charge in [-0.2, -0.15) is 0 Å². The van der Waals surface area contributed by atoms with Crippen LogP contribution in [0, 0.1) is 12.8 Å². The Hall–Kier alpha value is -0.350. The summed E-state index contributed by atoms with van der Waals surface area (Å²) in [7, 11) is 0. The average molecular weight is 304 g/mol. The van der Waals surface area contributed by atoms with E-state index in [2.05, 4.69) is 35.3 Å². The largest absolute Gasteiger partial charge is 0.314 e. The maximum atomic E-state index is 4.75. The van der Waals surface area contributed by atoms with Gasteiger partial charge in [-0.1, -0.05) is 6.07 Å². The van der Waals surface area contributed by atoms with E-state index in [1.807, 2.05) is 0 Å². The second kappa shape index (κ2) is 7.44. The van der Waals surface area contributed by atoms with Crippen LogP contribution in [-0.2, 0) is 0 Å². The summed E-state index contributed by atoms with van der Waals surface area (Å²) in [6.45, 7) is 6.66. The molecule has 1 N–H and O–H groups in total. The number of aromatic nitrogens is 1. The molecule has 19 heavy (non-hydrogen) atoms. The first-order valence-corrected chi connectivity index (χ1v) is 6.73. The van der Waals surface area contributed by atoms with Crippen LogP contribution in [0.15, 0.2) is 18.2 Å². The van der Waals surface area contributed by atoms with Gasteiger partial charge < -0.3 is 5.32 Å². The molecule has 1 aromatic rings. The molecule has 3 nitrogen and oxygen atoms in total. The monoisotopic (exact) mass is 303 g/mol. The van der Waals surface area contributed by atoms with E-state index >= 15 is 0 Å². The fraction of sp³-hybridized carbons (Fsp3) is 0.643. The van der Waals surface area contributed by atoms with Gasteiger partial charge in [0.25, 0.3) is 0 Å². The zero-order valence-corrected chi connectivity index (χ0v) is 13.0. The van der Waals surface area contributed by atoms with Crippen molar-refractivity contribution in [2.75, 3.05) is 26.2 Å². The summed E-state index contributed by atoms with van der Waals surface area (Å²) >= 11 is 0. The van der Waals surface area contributed by atoms with Crippen LogP contribution < -0.4 is 5.32 Å². The van der Waals surface area contributed by atoms with Crippen LogP contribution in [0.5, 0.6) is 0 Å². The second-order valence-electron chi connectivity index (χ2n) is 5.27. The van der Waals surface area contributed by atoms with Gasteiger partial charge in [0, 0.05) is 31.9 Å². The normalized spacial score (nSPS) is 21.1. The number of nitrogens with zero attached hydrogens (tertiary/aromatic N) is 2. The number of rotatable bonds is 3. The van der Waals surface area contributed by atoms with Crippen LogP contribution >= 0.6 is 24.8 Å². The molecule has 108 valence electrons. The summed E-state index contributed by atoms with van der Waals surface area (Å²) in [5.41, 5.74) is 2.43. The third-order valence-corrected chi connectivity index (χ3v) is 3.83. The Labute approximate surface area is 128 Å². The van der Waals surface area contributed by atoms with Crippen LogP contribution in [0.3, 0.4) is 0 Å². The molecule has 0 amide bonds. The van der Waals surface area contributed by atoms with Crippen molar-refractivity contribution in [3.05, 3.63) is 29.6 Å². The van der Waals surface area contributed by atoms with Crippen LogP contribution in [-0.4, -0.2) is 36.1 Å². The minimum atomic E-state index is 0. The number of pyridine rings is 1. The summed E-state index contributed by atoms with van der Waals surface area (Å²) in [4.78, 5) is 7.37. The van der Waals surface area contributed by atoms with Crippen molar-refractivity contribution in [1.29, 1.82) is 0 Å². The number of halogens is 2. The molecule has 0 radical (unpaired) electrons. The molecule has 1 aromatic heterocycles. The highest BCUT2D eigenvalue weighted by Crippen LogP contribution is 2.44. The maximum Gasteiger partial charge on any atom is 0.0581 e. The first kappa shape index (κ1) is 16.7. The molecule has 5 heteroatoms. The molecule has 0 bridgehead atoms. The zero-order valence-electron chi connectivity index (χ0n) is 11.3.